The standard InChI is InChI=1S/C17H11N2O2.Ir/c20-19(21)16-8-4-7-15(11-16)17-12-14(9-10-18-17)13-5-2-1-3-6-13;/h1-6,8-12H;/q-1;. The molecule has 0 N–H and O–H groups in total. The van der Waals surface area contributed by atoms with E-state index in [-0.39, 0.29) is 25.8 Å². The minimum Gasteiger partial charge on any atom is -0.305 e. The van der Waals surface area contributed by atoms with E-state index in [2.05, 4.69) is 11.1 Å². The van der Waals surface area contributed by atoms with Crippen molar-refractivity contribution in [3.8, 4) is 22.4 Å². The van der Waals surface area contributed by atoms with Crippen molar-refractivity contribution in [2.75, 3.05) is 0 Å². The maximum absolute atomic E-state index is 10.8. The Morgan fingerprint density at radius 1 is 1.00 bits per heavy atom. The summed E-state index contributed by atoms with van der Waals surface area (Å²) in [7, 11) is 0. The topological polar surface area (TPSA) is 56.0 Å². The first-order valence-electron chi connectivity index (χ1n) is 6.42. The summed E-state index contributed by atoms with van der Waals surface area (Å²) >= 11 is 0. The molecular formula is C17H11IrN2O2-. The molecule has 0 unspecified atom stereocenters. The van der Waals surface area contributed by atoms with Crippen molar-refractivity contribution in [2.45, 2.75) is 0 Å². The molecule has 0 atom stereocenters. The number of hydrogen-bond donors (Lipinski definition) is 0. The largest absolute Gasteiger partial charge is 0.305 e. The van der Waals surface area contributed by atoms with E-state index >= 15 is 0 Å². The van der Waals surface area contributed by atoms with Crippen molar-refractivity contribution < 1.29 is 25.0 Å². The van der Waals surface area contributed by atoms with Crippen LogP contribution in [0.1, 0.15) is 0 Å². The first-order chi connectivity index (χ1) is 10.2. The number of benzene rings is 2. The van der Waals surface area contributed by atoms with E-state index in [4.69, 9.17) is 0 Å². The van der Waals surface area contributed by atoms with Gasteiger partial charge in [0.15, 0.2) is 5.69 Å². The van der Waals surface area contributed by atoms with Crippen molar-refractivity contribution in [1.29, 1.82) is 0 Å². The van der Waals surface area contributed by atoms with Crippen molar-refractivity contribution in [2.24, 2.45) is 0 Å². The third-order valence-corrected chi connectivity index (χ3v) is 3.14. The summed E-state index contributed by atoms with van der Waals surface area (Å²) in [6, 6.07) is 21.2. The molecule has 4 nitrogen and oxygen atoms in total. The summed E-state index contributed by atoms with van der Waals surface area (Å²) in [5.74, 6) is 0. The summed E-state index contributed by atoms with van der Waals surface area (Å²) in [4.78, 5) is 14.7. The van der Waals surface area contributed by atoms with Crippen molar-refractivity contribution >= 4 is 5.69 Å². The van der Waals surface area contributed by atoms with Gasteiger partial charge >= 0.3 is 0 Å². The fraction of sp³-hybridized carbons (Fsp3) is 0. The van der Waals surface area contributed by atoms with Crippen LogP contribution in [0.3, 0.4) is 0 Å². The van der Waals surface area contributed by atoms with Gasteiger partial charge in [-0.1, -0.05) is 48.5 Å². The Balaban J connectivity index is 0.00000176. The number of non-ortho nitro benzene ring substituents is 1. The third-order valence-electron chi connectivity index (χ3n) is 3.14. The van der Waals surface area contributed by atoms with Crippen LogP contribution in [0.25, 0.3) is 22.4 Å². The molecule has 2 aromatic carbocycles. The molecular weight excluding hydrogens is 456 g/mol. The van der Waals surface area contributed by atoms with Gasteiger partial charge < -0.3 is 4.98 Å². The molecule has 5 heteroatoms. The van der Waals surface area contributed by atoms with Crippen LogP contribution in [0.2, 0.25) is 0 Å². The zero-order valence-electron chi connectivity index (χ0n) is 11.4. The van der Waals surface area contributed by atoms with Gasteiger partial charge in [0.05, 0.1) is 0 Å². The van der Waals surface area contributed by atoms with Gasteiger partial charge in [0, 0.05) is 31.2 Å². The second kappa shape index (κ2) is 7.07. The van der Waals surface area contributed by atoms with Crippen LogP contribution < -0.4 is 0 Å². The van der Waals surface area contributed by atoms with E-state index < -0.39 is 4.92 Å². The summed E-state index contributed by atoms with van der Waals surface area (Å²) in [5, 5.41) is 10.8. The molecule has 0 saturated carbocycles. The van der Waals surface area contributed by atoms with Crippen LogP contribution in [0, 0.1) is 16.2 Å². The number of hydrogen-bond acceptors (Lipinski definition) is 3. The van der Waals surface area contributed by atoms with Crippen LogP contribution >= 0.6 is 0 Å². The molecule has 1 radical (unpaired) electrons. The molecule has 3 aromatic rings. The minimum atomic E-state index is -0.418. The number of rotatable bonds is 3. The van der Waals surface area contributed by atoms with Gasteiger partial charge in [-0.2, -0.15) is 0 Å². The van der Waals surface area contributed by atoms with Gasteiger partial charge in [-0.25, -0.2) is 0 Å². The average Bonchev–Trinajstić information content (AvgIpc) is 2.56. The molecule has 0 aliphatic rings. The van der Waals surface area contributed by atoms with Crippen LogP contribution in [0.4, 0.5) is 5.69 Å². The van der Waals surface area contributed by atoms with Crippen LogP contribution in [-0.2, 0) is 20.1 Å². The molecule has 22 heavy (non-hydrogen) atoms. The molecule has 111 valence electrons. The van der Waals surface area contributed by atoms with Gasteiger partial charge in [0.25, 0.3) is 0 Å². The zero-order valence-corrected chi connectivity index (χ0v) is 13.8. The molecule has 0 aliphatic carbocycles. The van der Waals surface area contributed by atoms with Crippen LogP contribution in [0.5, 0.6) is 0 Å². The van der Waals surface area contributed by atoms with E-state index in [0.717, 1.165) is 11.1 Å². The summed E-state index contributed by atoms with van der Waals surface area (Å²) in [5.41, 5.74) is 3.41. The average molecular weight is 468 g/mol. The van der Waals surface area contributed by atoms with Gasteiger partial charge in [0.1, 0.15) is 0 Å². The summed E-state index contributed by atoms with van der Waals surface area (Å²) in [6.07, 6.45) is 1.70. The van der Waals surface area contributed by atoms with Gasteiger partial charge in [-0.15, -0.1) is 17.7 Å². The predicted molar refractivity (Wildman–Crippen MR) is 80.6 cm³/mol. The molecule has 1 aromatic heterocycles. The number of aromatic nitrogens is 1. The van der Waals surface area contributed by atoms with Gasteiger partial charge in [0.2, 0.25) is 0 Å². The van der Waals surface area contributed by atoms with E-state index in [9.17, 15) is 10.1 Å². The van der Waals surface area contributed by atoms with Crippen LogP contribution in [-0.4, -0.2) is 9.91 Å². The number of nitrogens with zero attached hydrogens (tertiary/aromatic N) is 2. The van der Waals surface area contributed by atoms with Crippen molar-refractivity contribution in [3.05, 3.63) is 83.0 Å². The smallest absolute Gasteiger partial charge is 0.192 e. The number of nitro groups is 1. The third kappa shape index (κ3) is 3.45. The van der Waals surface area contributed by atoms with Crippen molar-refractivity contribution in [1.82, 2.24) is 4.98 Å². The van der Waals surface area contributed by atoms with Gasteiger partial charge in [-0.3, -0.25) is 10.1 Å². The molecule has 0 saturated heterocycles. The van der Waals surface area contributed by atoms with E-state index in [1.807, 2.05) is 42.5 Å². The Morgan fingerprint density at radius 2 is 1.77 bits per heavy atom. The summed E-state index contributed by atoms with van der Waals surface area (Å²) in [6.45, 7) is 0. The van der Waals surface area contributed by atoms with Crippen LogP contribution in [0.15, 0.2) is 66.9 Å². The maximum atomic E-state index is 10.8. The Labute approximate surface area is 141 Å². The molecule has 3 rings (SSSR count). The molecule has 1 heterocycles. The Bertz CT molecular complexity index is 791. The zero-order chi connectivity index (χ0) is 14.7. The number of pyridine rings is 1. The molecule has 0 bridgehead atoms. The Kier molecular flexibility index (Phi) is 5.15. The SMILES string of the molecule is O=[N+]([O-])c1cc[c-]c(-c2cc(-c3ccccc3)ccn2)c1.[Ir]. The maximum Gasteiger partial charge on any atom is 0.192 e. The quantitative estimate of drug-likeness (QED) is 0.331. The monoisotopic (exact) mass is 468 g/mol. The summed E-state index contributed by atoms with van der Waals surface area (Å²) < 4.78 is 0. The molecule has 0 aliphatic heterocycles. The van der Waals surface area contributed by atoms with E-state index in [1.54, 1.807) is 12.3 Å². The molecule has 0 spiro atoms. The van der Waals surface area contributed by atoms with Crippen molar-refractivity contribution in [3.63, 3.8) is 0 Å². The second-order valence-electron chi connectivity index (χ2n) is 4.51. The normalized spacial score (nSPS) is 9.82. The Morgan fingerprint density at radius 3 is 2.50 bits per heavy atom. The molecule has 0 fully saturated rings. The number of nitro benzene ring substituents is 1. The first-order valence-corrected chi connectivity index (χ1v) is 6.42. The fourth-order valence-electron chi connectivity index (χ4n) is 2.10. The first kappa shape index (κ1) is 16.0. The van der Waals surface area contributed by atoms with E-state index in [0.29, 0.717) is 11.3 Å². The second-order valence-corrected chi connectivity index (χ2v) is 4.51. The van der Waals surface area contributed by atoms with E-state index in [1.165, 1.54) is 12.1 Å². The minimum absolute atomic E-state index is 0. The Hall–Kier alpha value is -2.36. The fourth-order valence-corrected chi connectivity index (χ4v) is 2.10. The van der Waals surface area contributed by atoms with Gasteiger partial charge in [-0.05, 0) is 22.9 Å². The molecule has 0 amide bonds. The predicted octanol–water partition coefficient (Wildman–Crippen LogP) is 4.12.